The maximum Gasteiger partial charge on any atom is 0.274 e. The van der Waals surface area contributed by atoms with Crippen LogP contribution in [0.15, 0.2) is 42.7 Å². The van der Waals surface area contributed by atoms with Gasteiger partial charge < -0.3 is 10.4 Å². The van der Waals surface area contributed by atoms with Crippen molar-refractivity contribution in [1.29, 1.82) is 5.26 Å². The van der Waals surface area contributed by atoms with Gasteiger partial charge in [0.2, 0.25) is 0 Å². The Morgan fingerprint density at radius 2 is 2.10 bits per heavy atom. The molecule has 3 aromatic heterocycles. The van der Waals surface area contributed by atoms with E-state index in [1.54, 1.807) is 18.2 Å². The zero-order chi connectivity index (χ0) is 21.0. The summed E-state index contributed by atoms with van der Waals surface area (Å²) < 4.78 is 3.37. The second-order valence-electron chi connectivity index (χ2n) is 8.06. The van der Waals surface area contributed by atoms with Crippen LogP contribution in [0.3, 0.4) is 0 Å². The average molecular weight is 400 g/mol. The monoisotopic (exact) mass is 400 g/mol. The number of carbonyl (C=O) groups excluding carboxylic acids is 1. The van der Waals surface area contributed by atoms with Crippen LogP contribution in [-0.2, 0) is 5.60 Å². The van der Waals surface area contributed by atoms with E-state index in [1.165, 1.54) is 10.7 Å². The summed E-state index contributed by atoms with van der Waals surface area (Å²) in [4.78, 5) is 13.1. The van der Waals surface area contributed by atoms with Gasteiger partial charge in [0.15, 0.2) is 0 Å². The first-order valence-corrected chi connectivity index (χ1v) is 9.83. The summed E-state index contributed by atoms with van der Waals surface area (Å²) in [5, 5.41) is 32.5. The molecule has 4 aromatic rings. The van der Waals surface area contributed by atoms with Gasteiger partial charge in [0.1, 0.15) is 11.8 Å². The number of nitrogens with one attached hydrogen (secondary N) is 1. The van der Waals surface area contributed by atoms with Crippen molar-refractivity contribution in [3.8, 4) is 6.07 Å². The molecule has 1 aliphatic carbocycles. The highest BCUT2D eigenvalue weighted by molar-refractivity contribution is 6.05. The predicted molar refractivity (Wildman–Crippen MR) is 111 cm³/mol. The Balaban J connectivity index is 1.56. The Bertz CT molecular complexity index is 1350. The van der Waals surface area contributed by atoms with E-state index >= 15 is 0 Å². The van der Waals surface area contributed by atoms with Crippen molar-refractivity contribution in [3.63, 3.8) is 0 Å². The highest BCUT2D eigenvalue weighted by atomic mass is 16.3. The number of hydrogen-bond acceptors (Lipinski definition) is 5. The van der Waals surface area contributed by atoms with Crippen molar-refractivity contribution in [2.45, 2.75) is 38.3 Å². The van der Waals surface area contributed by atoms with Crippen molar-refractivity contribution in [1.82, 2.24) is 19.4 Å². The van der Waals surface area contributed by atoms with Gasteiger partial charge in [-0.05, 0) is 57.0 Å². The fourth-order valence-electron chi connectivity index (χ4n) is 3.65. The molecule has 1 aliphatic rings. The van der Waals surface area contributed by atoms with E-state index in [4.69, 9.17) is 5.26 Å². The number of fused-ring (bicyclic) bond motifs is 2. The molecule has 0 spiro atoms. The van der Waals surface area contributed by atoms with Gasteiger partial charge in [-0.1, -0.05) is 0 Å². The summed E-state index contributed by atoms with van der Waals surface area (Å²) in [5.41, 5.74) is 2.54. The van der Waals surface area contributed by atoms with E-state index < -0.39 is 5.60 Å². The highest BCUT2D eigenvalue weighted by Crippen LogP contribution is 2.49. The fourth-order valence-corrected chi connectivity index (χ4v) is 3.65. The van der Waals surface area contributed by atoms with E-state index in [2.05, 4.69) is 15.5 Å². The smallest absolute Gasteiger partial charge is 0.274 e. The third-order valence-corrected chi connectivity index (χ3v) is 5.53. The molecule has 8 nitrogen and oxygen atoms in total. The Hall–Kier alpha value is -3.70. The van der Waals surface area contributed by atoms with Crippen molar-refractivity contribution < 1.29 is 9.90 Å². The summed E-state index contributed by atoms with van der Waals surface area (Å²) in [6.07, 6.45) is 4.67. The van der Waals surface area contributed by atoms with Crippen LogP contribution in [0.25, 0.3) is 16.4 Å². The van der Waals surface area contributed by atoms with Gasteiger partial charge in [-0.2, -0.15) is 15.5 Å². The Morgan fingerprint density at radius 1 is 1.30 bits per heavy atom. The van der Waals surface area contributed by atoms with Crippen LogP contribution >= 0.6 is 0 Å². The molecule has 3 heterocycles. The summed E-state index contributed by atoms with van der Waals surface area (Å²) in [6, 6.07) is 11.1. The molecule has 5 rings (SSSR count). The SMILES string of the molecule is CC(C)n1cc2cc(NC(=O)c3ccc4cc(C#N)cnn34)c(C3(O)CC3)cc2n1. The van der Waals surface area contributed by atoms with Crippen molar-refractivity contribution in [2.75, 3.05) is 5.32 Å². The van der Waals surface area contributed by atoms with Crippen LogP contribution in [0.1, 0.15) is 54.3 Å². The maximum absolute atomic E-state index is 13.1. The number of nitrogens with zero attached hydrogens (tertiary/aromatic N) is 5. The molecule has 1 saturated carbocycles. The lowest BCUT2D eigenvalue weighted by Crippen LogP contribution is -2.18. The second-order valence-corrected chi connectivity index (χ2v) is 8.06. The Labute approximate surface area is 172 Å². The highest BCUT2D eigenvalue weighted by Gasteiger charge is 2.44. The predicted octanol–water partition coefficient (Wildman–Crippen LogP) is 3.37. The largest absolute Gasteiger partial charge is 0.385 e. The molecule has 150 valence electrons. The lowest BCUT2D eigenvalue weighted by molar-refractivity contribution is 0.101. The Kier molecular flexibility index (Phi) is 3.91. The van der Waals surface area contributed by atoms with Crippen LogP contribution in [0.2, 0.25) is 0 Å². The van der Waals surface area contributed by atoms with Gasteiger partial charge in [0, 0.05) is 28.9 Å². The van der Waals surface area contributed by atoms with Crippen LogP contribution in [0.5, 0.6) is 0 Å². The van der Waals surface area contributed by atoms with Crippen LogP contribution in [0.4, 0.5) is 5.69 Å². The minimum Gasteiger partial charge on any atom is -0.385 e. The molecule has 1 aromatic carbocycles. The number of amides is 1. The van der Waals surface area contributed by atoms with Crippen molar-refractivity contribution >= 4 is 28.0 Å². The van der Waals surface area contributed by atoms with Gasteiger partial charge in [-0.15, -0.1) is 0 Å². The minimum absolute atomic E-state index is 0.208. The molecule has 30 heavy (non-hydrogen) atoms. The van der Waals surface area contributed by atoms with Gasteiger partial charge >= 0.3 is 0 Å². The molecule has 1 fully saturated rings. The van der Waals surface area contributed by atoms with E-state index in [0.29, 0.717) is 40.9 Å². The number of carbonyl (C=O) groups is 1. The number of hydrogen-bond donors (Lipinski definition) is 2. The van der Waals surface area contributed by atoms with Gasteiger partial charge in [0.25, 0.3) is 5.91 Å². The Morgan fingerprint density at radius 3 is 2.80 bits per heavy atom. The molecule has 2 N–H and O–H groups in total. The number of aromatic nitrogens is 4. The van der Waals surface area contributed by atoms with Crippen LogP contribution < -0.4 is 5.32 Å². The molecule has 0 bridgehead atoms. The molecular weight excluding hydrogens is 380 g/mol. The second kappa shape index (κ2) is 6.40. The zero-order valence-electron chi connectivity index (χ0n) is 16.6. The number of rotatable bonds is 4. The number of anilines is 1. The third-order valence-electron chi connectivity index (χ3n) is 5.53. The van der Waals surface area contributed by atoms with Crippen molar-refractivity contribution in [2.24, 2.45) is 0 Å². The summed E-state index contributed by atoms with van der Waals surface area (Å²) in [6.45, 7) is 4.10. The third kappa shape index (κ3) is 2.91. The van der Waals surface area contributed by atoms with E-state index in [0.717, 1.165) is 10.9 Å². The number of aliphatic hydroxyl groups is 1. The lowest BCUT2D eigenvalue weighted by atomic mass is 10.0. The van der Waals surface area contributed by atoms with E-state index in [1.807, 2.05) is 42.9 Å². The summed E-state index contributed by atoms with van der Waals surface area (Å²) in [5.74, 6) is -0.340. The topological polar surface area (TPSA) is 108 Å². The van der Waals surface area contributed by atoms with Crippen LogP contribution in [0, 0.1) is 11.3 Å². The maximum atomic E-state index is 13.1. The van der Waals surface area contributed by atoms with Gasteiger partial charge in [-0.25, -0.2) is 4.52 Å². The number of benzene rings is 1. The standard InChI is InChI=1S/C22H20N6O2/c1-13(2)27-12-15-8-19(17(9-18(15)26-27)22(30)5-6-22)25-21(29)20-4-3-16-7-14(10-23)11-24-28(16)20/h3-4,7-9,11-13,30H,5-6H2,1-2H3,(H,25,29). The van der Waals surface area contributed by atoms with E-state index in [-0.39, 0.29) is 11.9 Å². The summed E-state index contributed by atoms with van der Waals surface area (Å²) in [7, 11) is 0. The van der Waals surface area contributed by atoms with Gasteiger partial charge in [-0.3, -0.25) is 9.48 Å². The zero-order valence-corrected chi connectivity index (χ0v) is 16.6. The molecular formula is C22H20N6O2. The van der Waals surface area contributed by atoms with Gasteiger partial charge in [0.05, 0.1) is 28.4 Å². The fraction of sp³-hybridized carbons (Fsp3) is 0.273. The molecule has 1 amide bonds. The summed E-state index contributed by atoms with van der Waals surface area (Å²) >= 11 is 0. The van der Waals surface area contributed by atoms with E-state index in [9.17, 15) is 9.90 Å². The number of nitriles is 1. The first-order valence-electron chi connectivity index (χ1n) is 9.83. The molecule has 0 saturated heterocycles. The molecule has 8 heteroatoms. The first kappa shape index (κ1) is 18.3. The average Bonchev–Trinajstić information content (AvgIpc) is 3.16. The lowest BCUT2D eigenvalue weighted by Gasteiger charge is -2.15. The quantitative estimate of drug-likeness (QED) is 0.546. The van der Waals surface area contributed by atoms with Crippen LogP contribution in [-0.4, -0.2) is 30.4 Å². The van der Waals surface area contributed by atoms with Crippen molar-refractivity contribution in [3.05, 3.63) is 59.5 Å². The molecule has 0 atom stereocenters. The molecule has 0 unspecified atom stereocenters. The minimum atomic E-state index is -0.931. The molecule has 0 radical (unpaired) electrons. The normalized spacial score (nSPS) is 14.9. The first-order chi connectivity index (χ1) is 14.4. The molecule has 0 aliphatic heterocycles.